The largest absolute Gasteiger partial charge is 0.322 e. The van der Waals surface area contributed by atoms with Crippen molar-refractivity contribution in [1.82, 2.24) is 9.88 Å². The molecule has 1 N–H and O–H groups in total. The fraction of sp³-hybridized carbons (Fsp3) is 0.261. The number of H-pyrrole nitrogens is 1. The van der Waals surface area contributed by atoms with Gasteiger partial charge in [0.05, 0.1) is 17.7 Å². The van der Waals surface area contributed by atoms with Crippen molar-refractivity contribution >= 4 is 10.9 Å². The van der Waals surface area contributed by atoms with Gasteiger partial charge in [-0.3, -0.25) is 9.69 Å². The van der Waals surface area contributed by atoms with E-state index in [9.17, 15) is 10.1 Å². The van der Waals surface area contributed by atoms with Gasteiger partial charge in [0, 0.05) is 17.6 Å². The third-order valence-corrected chi connectivity index (χ3v) is 5.35. The smallest absolute Gasteiger partial charge is 0.251 e. The Bertz CT molecular complexity index is 1150. The van der Waals surface area contributed by atoms with Crippen molar-refractivity contribution in [3.05, 3.63) is 81.1 Å². The van der Waals surface area contributed by atoms with Gasteiger partial charge in [0.25, 0.3) is 5.56 Å². The Hall–Kier alpha value is -3.41. The molecular formula is C23H22N4O. The van der Waals surface area contributed by atoms with E-state index in [2.05, 4.69) is 17.1 Å². The number of nitriles is 2. The third kappa shape index (κ3) is 3.53. The highest BCUT2D eigenvalue weighted by molar-refractivity contribution is 5.80. The summed E-state index contributed by atoms with van der Waals surface area (Å²) in [5, 5.41) is 19.9. The van der Waals surface area contributed by atoms with Crippen molar-refractivity contribution in [2.45, 2.75) is 32.4 Å². The molecule has 0 bridgehead atoms. The molecule has 0 aliphatic heterocycles. The van der Waals surface area contributed by atoms with Crippen LogP contribution in [0.25, 0.3) is 10.9 Å². The lowest BCUT2D eigenvalue weighted by molar-refractivity contribution is 0.185. The van der Waals surface area contributed by atoms with Crippen molar-refractivity contribution in [3.8, 4) is 12.1 Å². The Morgan fingerprint density at radius 3 is 2.43 bits per heavy atom. The summed E-state index contributed by atoms with van der Waals surface area (Å²) < 4.78 is 0. The van der Waals surface area contributed by atoms with Gasteiger partial charge in [-0.2, -0.15) is 10.5 Å². The molecule has 1 heterocycles. The Kier molecular flexibility index (Phi) is 5.31. The lowest BCUT2D eigenvalue weighted by Crippen LogP contribution is -2.39. The van der Waals surface area contributed by atoms with Crippen LogP contribution in [-0.4, -0.2) is 16.9 Å². The van der Waals surface area contributed by atoms with Gasteiger partial charge in [-0.15, -0.1) is 0 Å². The lowest BCUT2D eigenvalue weighted by Gasteiger charge is -2.33. The van der Waals surface area contributed by atoms with Crippen LogP contribution in [0.5, 0.6) is 0 Å². The first-order chi connectivity index (χ1) is 13.4. The first-order valence-electron chi connectivity index (χ1n) is 9.19. The van der Waals surface area contributed by atoms with Crippen LogP contribution >= 0.6 is 0 Å². The third-order valence-electron chi connectivity index (χ3n) is 5.35. The number of pyridine rings is 1. The van der Waals surface area contributed by atoms with Crippen LogP contribution in [-0.2, 0) is 18.5 Å². The van der Waals surface area contributed by atoms with E-state index in [0.717, 1.165) is 27.6 Å². The normalized spacial score (nSPS) is 13.1. The molecule has 0 aliphatic carbocycles. The maximum atomic E-state index is 12.2. The molecule has 0 spiro atoms. The predicted octanol–water partition coefficient (Wildman–Crippen LogP) is 3.83. The molecule has 0 unspecified atom stereocenters. The maximum absolute atomic E-state index is 12.2. The van der Waals surface area contributed by atoms with E-state index in [1.165, 1.54) is 0 Å². The van der Waals surface area contributed by atoms with Crippen molar-refractivity contribution in [2.75, 3.05) is 7.05 Å². The maximum Gasteiger partial charge on any atom is 0.251 e. The van der Waals surface area contributed by atoms with Crippen molar-refractivity contribution in [1.29, 1.82) is 10.5 Å². The minimum atomic E-state index is -0.873. The van der Waals surface area contributed by atoms with E-state index in [4.69, 9.17) is 5.26 Å². The van der Waals surface area contributed by atoms with Crippen LogP contribution in [0.3, 0.4) is 0 Å². The van der Waals surface area contributed by atoms with Gasteiger partial charge in [-0.05, 0) is 61.2 Å². The number of hydrogen-bond donors (Lipinski definition) is 1. The van der Waals surface area contributed by atoms with Gasteiger partial charge in [0.1, 0.15) is 5.54 Å². The first kappa shape index (κ1) is 19.4. The summed E-state index contributed by atoms with van der Waals surface area (Å²) in [7, 11) is 1.90. The Morgan fingerprint density at radius 1 is 1.11 bits per heavy atom. The number of hydrogen-bond acceptors (Lipinski definition) is 4. The summed E-state index contributed by atoms with van der Waals surface area (Å²) >= 11 is 0. The van der Waals surface area contributed by atoms with Gasteiger partial charge in [-0.1, -0.05) is 31.2 Å². The second kappa shape index (κ2) is 7.68. The lowest BCUT2D eigenvalue weighted by atomic mass is 9.90. The fourth-order valence-electron chi connectivity index (χ4n) is 3.30. The van der Waals surface area contributed by atoms with Crippen LogP contribution in [0.2, 0.25) is 0 Å². The Balaban J connectivity index is 1.96. The minimum Gasteiger partial charge on any atom is -0.322 e. The molecule has 5 heteroatoms. The summed E-state index contributed by atoms with van der Waals surface area (Å²) in [4.78, 5) is 17.1. The van der Waals surface area contributed by atoms with Crippen LogP contribution in [0.1, 0.15) is 36.1 Å². The molecule has 28 heavy (non-hydrogen) atoms. The quantitative estimate of drug-likeness (QED) is 0.740. The van der Waals surface area contributed by atoms with E-state index in [0.29, 0.717) is 18.5 Å². The molecule has 5 nitrogen and oxygen atoms in total. The summed E-state index contributed by atoms with van der Waals surface area (Å²) in [5.74, 6) is 0. The molecule has 1 atom stereocenters. The first-order valence-corrected chi connectivity index (χ1v) is 9.19. The Morgan fingerprint density at radius 2 is 1.82 bits per heavy atom. The summed E-state index contributed by atoms with van der Waals surface area (Å²) in [5.41, 5.74) is 2.97. The number of aryl methyl sites for hydroxylation is 1. The highest BCUT2D eigenvalue weighted by atomic mass is 16.1. The Labute approximate surface area is 164 Å². The van der Waals surface area contributed by atoms with E-state index < -0.39 is 5.54 Å². The second-order valence-corrected chi connectivity index (χ2v) is 7.13. The second-order valence-electron chi connectivity index (χ2n) is 7.13. The van der Waals surface area contributed by atoms with Gasteiger partial charge in [0.2, 0.25) is 0 Å². The fourth-order valence-corrected chi connectivity index (χ4v) is 3.30. The number of aromatic amines is 1. The van der Waals surface area contributed by atoms with Crippen LogP contribution in [0, 0.1) is 22.7 Å². The molecule has 0 amide bonds. The van der Waals surface area contributed by atoms with E-state index >= 15 is 0 Å². The molecule has 140 valence electrons. The summed E-state index contributed by atoms with van der Waals surface area (Å²) in [6, 6.07) is 19.6. The van der Waals surface area contributed by atoms with Crippen LogP contribution in [0.4, 0.5) is 0 Å². The topological polar surface area (TPSA) is 83.7 Å². The number of aromatic nitrogens is 1. The van der Waals surface area contributed by atoms with Crippen LogP contribution in [0.15, 0.2) is 53.3 Å². The zero-order valence-electron chi connectivity index (χ0n) is 16.3. The predicted molar refractivity (Wildman–Crippen MR) is 110 cm³/mol. The zero-order valence-corrected chi connectivity index (χ0v) is 16.3. The number of nitrogens with one attached hydrogen (secondary N) is 1. The van der Waals surface area contributed by atoms with E-state index in [-0.39, 0.29) is 5.56 Å². The number of nitrogens with zero attached hydrogens (tertiary/aromatic N) is 3. The van der Waals surface area contributed by atoms with Crippen molar-refractivity contribution in [2.24, 2.45) is 0 Å². The average Bonchev–Trinajstić information content (AvgIpc) is 2.72. The molecule has 2 aromatic carbocycles. The number of rotatable bonds is 5. The van der Waals surface area contributed by atoms with Crippen molar-refractivity contribution in [3.63, 3.8) is 0 Å². The molecule has 1 aromatic heterocycles. The standard InChI is InChI=1S/C23H22N4O/c1-4-18-11-19-9-10-20(12-21(19)26-22(18)28)23(2,15-25)27(3)14-17-7-5-16(13-24)6-8-17/h5-12H,4,14H2,1-3H3,(H,26,28)/t23-/m0/s1. The highest BCUT2D eigenvalue weighted by Gasteiger charge is 2.31. The summed E-state index contributed by atoms with van der Waals surface area (Å²) in [6.07, 6.45) is 0.677. The van der Waals surface area contributed by atoms with Gasteiger partial charge < -0.3 is 4.98 Å². The average molecular weight is 370 g/mol. The monoisotopic (exact) mass is 370 g/mol. The molecule has 0 fully saturated rings. The molecule has 0 saturated heterocycles. The van der Waals surface area contributed by atoms with E-state index in [1.807, 2.05) is 62.2 Å². The van der Waals surface area contributed by atoms with Gasteiger partial charge in [-0.25, -0.2) is 0 Å². The number of fused-ring (bicyclic) bond motifs is 1. The molecule has 0 aliphatic rings. The summed E-state index contributed by atoms with van der Waals surface area (Å²) in [6.45, 7) is 4.38. The molecule has 0 saturated carbocycles. The molecule has 3 rings (SSSR count). The van der Waals surface area contributed by atoms with E-state index in [1.54, 1.807) is 12.1 Å². The number of benzene rings is 2. The van der Waals surface area contributed by atoms with Crippen LogP contribution < -0.4 is 5.56 Å². The molecule has 0 radical (unpaired) electrons. The minimum absolute atomic E-state index is 0.0863. The van der Waals surface area contributed by atoms with Gasteiger partial charge >= 0.3 is 0 Å². The zero-order chi connectivity index (χ0) is 20.3. The van der Waals surface area contributed by atoms with Gasteiger partial charge in [0.15, 0.2) is 0 Å². The molecule has 3 aromatic rings. The molecular weight excluding hydrogens is 348 g/mol. The SMILES string of the molecule is CCc1cc2ccc([C@](C)(C#N)N(C)Cc3ccc(C#N)cc3)cc2[nH]c1=O. The van der Waals surface area contributed by atoms with Crippen molar-refractivity contribution < 1.29 is 0 Å². The highest BCUT2D eigenvalue weighted by Crippen LogP contribution is 2.30.